The molecule has 0 unspecified atom stereocenters. The van der Waals surface area contributed by atoms with E-state index >= 15 is 0 Å². The number of aryl methyl sites for hydroxylation is 1. The summed E-state index contributed by atoms with van der Waals surface area (Å²) in [5.41, 5.74) is 8.18. The Morgan fingerprint density at radius 2 is 2.03 bits per heavy atom. The van der Waals surface area contributed by atoms with Crippen molar-refractivity contribution in [2.75, 3.05) is 38.5 Å². The molecule has 0 bridgehead atoms. The van der Waals surface area contributed by atoms with E-state index in [4.69, 9.17) is 0 Å². The van der Waals surface area contributed by atoms with Crippen molar-refractivity contribution < 1.29 is 4.79 Å². The lowest BCUT2D eigenvalue weighted by atomic mass is 9.81. The van der Waals surface area contributed by atoms with Gasteiger partial charge in [0.15, 0.2) is 0 Å². The minimum Gasteiger partial charge on any atom is -0.388 e. The van der Waals surface area contributed by atoms with Gasteiger partial charge in [-0.2, -0.15) is 0 Å². The summed E-state index contributed by atoms with van der Waals surface area (Å²) in [6, 6.07) is 4.58. The number of likely N-dealkylation sites (N-methyl/N-ethyl adjacent to an activating group) is 1. The number of aliphatic imine (C=N–C) groups is 1. The van der Waals surface area contributed by atoms with Crippen LogP contribution in [0.15, 0.2) is 76.7 Å². The molecular weight excluding hydrogens is 470 g/mol. The highest BCUT2D eigenvalue weighted by molar-refractivity contribution is 6.14. The van der Waals surface area contributed by atoms with Gasteiger partial charge in [0.05, 0.1) is 17.7 Å². The molecule has 38 heavy (non-hydrogen) atoms. The number of hydrogen-bond donors (Lipinski definition) is 1. The van der Waals surface area contributed by atoms with Crippen molar-refractivity contribution in [3.8, 4) is 0 Å². The number of benzene rings is 1. The fourth-order valence-corrected chi connectivity index (χ4v) is 6.86. The van der Waals surface area contributed by atoms with E-state index in [0.29, 0.717) is 6.54 Å². The third-order valence-corrected chi connectivity index (χ3v) is 8.63. The monoisotopic (exact) mass is 511 g/mol. The summed E-state index contributed by atoms with van der Waals surface area (Å²) in [5, 5.41) is 3.44. The number of likely N-dealkylation sites (tertiary alicyclic amines) is 1. The van der Waals surface area contributed by atoms with Gasteiger partial charge in [-0.15, -0.1) is 0 Å². The van der Waals surface area contributed by atoms with Crippen LogP contribution in [0.25, 0.3) is 0 Å². The molecule has 1 spiro atoms. The van der Waals surface area contributed by atoms with E-state index in [9.17, 15) is 4.79 Å². The zero-order chi connectivity index (χ0) is 27.0. The van der Waals surface area contributed by atoms with Crippen LogP contribution in [0.2, 0.25) is 0 Å². The Kier molecular flexibility index (Phi) is 7.08. The number of amides is 1. The number of allylic oxidation sites excluding steroid dienone is 4. The van der Waals surface area contributed by atoms with Crippen molar-refractivity contribution in [2.24, 2.45) is 4.99 Å². The molecule has 1 atom stereocenters. The van der Waals surface area contributed by atoms with Gasteiger partial charge in [0, 0.05) is 56.7 Å². The summed E-state index contributed by atoms with van der Waals surface area (Å²) in [7, 11) is 2.01. The highest BCUT2D eigenvalue weighted by Crippen LogP contribution is 2.50. The molecule has 1 amide bonds. The standard InChI is InChI=1S/C32H41N5O/c1-7-9-10-11-25-19-34-20-27(25)31(38)35-14-12-32(13-15-35)29-18-23(4)30-26(16-22(3)17-28(30)33-6)21-36(29)24(5)37(32)8-2/h7,9-11,16-18,20,23,33H,5,8,12-15,19,21H2,1-4,6H3/b9-7-,11-10-/t23-/m0/s1. The quantitative estimate of drug-likeness (QED) is 0.529. The lowest BCUT2D eigenvalue weighted by Gasteiger charge is -2.45. The highest BCUT2D eigenvalue weighted by Gasteiger charge is 2.52. The van der Waals surface area contributed by atoms with Gasteiger partial charge >= 0.3 is 0 Å². The van der Waals surface area contributed by atoms with Crippen LogP contribution in [-0.2, 0) is 11.3 Å². The van der Waals surface area contributed by atoms with Crippen molar-refractivity contribution in [3.63, 3.8) is 0 Å². The Morgan fingerprint density at radius 3 is 2.71 bits per heavy atom. The van der Waals surface area contributed by atoms with E-state index in [1.807, 2.05) is 43.2 Å². The van der Waals surface area contributed by atoms with Crippen LogP contribution in [0.5, 0.6) is 0 Å². The van der Waals surface area contributed by atoms with Crippen LogP contribution < -0.4 is 5.32 Å². The number of hydrogen-bond acceptors (Lipinski definition) is 5. The van der Waals surface area contributed by atoms with Gasteiger partial charge in [0.1, 0.15) is 5.82 Å². The molecule has 200 valence electrons. The van der Waals surface area contributed by atoms with E-state index < -0.39 is 0 Å². The molecule has 6 heteroatoms. The molecule has 4 heterocycles. The van der Waals surface area contributed by atoms with E-state index in [1.165, 1.54) is 28.1 Å². The Labute approximate surface area is 227 Å². The van der Waals surface area contributed by atoms with Crippen molar-refractivity contribution in [3.05, 3.63) is 88.4 Å². The number of nitrogens with one attached hydrogen (secondary N) is 1. The van der Waals surface area contributed by atoms with Gasteiger partial charge in [-0.25, -0.2) is 0 Å². The molecule has 0 aliphatic carbocycles. The number of piperidine rings is 1. The first-order chi connectivity index (χ1) is 18.3. The van der Waals surface area contributed by atoms with Gasteiger partial charge in [-0.1, -0.05) is 49.9 Å². The summed E-state index contributed by atoms with van der Waals surface area (Å²) in [5.74, 6) is 1.46. The first kappa shape index (κ1) is 26.1. The van der Waals surface area contributed by atoms with Gasteiger partial charge in [0.2, 0.25) is 0 Å². The molecule has 0 radical (unpaired) electrons. The van der Waals surface area contributed by atoms with E-state index in [1.54, 1.807) is 6.21 Å². The van der Waals surface area contributed by atoms with Crippen molar-refractivity contribution in [1.82, 2.24) is 14.7 Å². The molecule has 0 saturated carbocycles. The molecule has 2 saturated heterocycles. The van der Waals surface area contributed by atoms with Crippen LogP contribution in [0.1, 0.15) is 56.2 Å². The second kappa shape index (κ2) is 10.3. The molecule has 2 fully saturated rings. The third kappa shape index (κ3) is 4.20. The van der Waals surface area contributed by atoms with Gasteiger partial charge < -0.3 is 20.0 Å². The lowest BCUT2D eigenvalue weighted by molar-refractivity contribution is -0.128. The average molecular weight is 512 g/mol. The van der Waals surface area contributed by atoms with Crippen LogP contribution in [-0.4, -0.2) is 65.6 Å². The van der Waals surface area contributed by atoms with Crippen LogP contribution in [0.3, 0.4) is 0 Å². The average Bonchev–Trinajstić information content (AvgIpc) is 3.40. The summed E-state index contributed by atoms with van der Waals surface area (Å²) in [6.45, 7) is 17.0. The second-order valence-corrected chi connectivity index (χ2v) is 10.8. The summed E-state index contributed by atoms with van der Waals surface area (Å²) >= 11 is 0. The fourth-order valence-electron chi connectivity index (χ4n) is 6.86. The number of fused-ring (bicyclic) bond motifs is 3. The number of carbonyl (C=O) groups is 1. The Morgan fingerprint density at radius 1 is 1.26 bits per heavy atom. The third-order valence-electron chi connectivity index (χ3n) is 8.63. The number of anilines is 1. The Hall–Kier alpha value is -3.54. The van der Waals surface area contributed by atoms with Crippen LogP contribution in [0, 0.1) is 6.92 Å². The predicted octanol–water partition coefficient (Wildman–Crippen LogP) is 5.52. The molecular formula is C32H41N5O. The van der Waals surface area contributed by atoms with E-state index in [2.05, 4.69) is 65.7 Å². The molecule has 1 aromatic carbocycles. The minimum absolute atomic E-state index is 0.0997. The first-order valence-corrected chi connectivity index (χ1v) is 13.9. The summed E-state index contributed by atoms with van der Waals surface area (Å²) in [4.78, 5) is 24.9. The lowest BCUT2D eigenvalue weighted by Crippen LogP contribution is -2.54. The van der Waals surface area contributed by atoms with Crippen LogP contribution in [0.4, 0.5) is 5.69 Å². The molecule has 4 aliphatic heterocycles. The minimum atomic E-state index is -0.138. The molecule has 4 aliphatic rings. The molecule has 1 N–H and O–H groups in total. The second-order valence-electron chi connectivity index (χ2n) is 10.8. The van der Waals surface area contributed by atoms with Crippen molar-refractivity contribution >= 4 is 17.8 Å². The van der Waals surface area contributed by atoms with Gasteiger partial charge in [0.25, 0.3) is 5.91 Å². The smallest absolute Gasteiger partial charge is 0.255 e. The highest BCUT2D eigenvalue weighted by atomic mass is 16.2. The number of nitrogens with zero attached hydrogens (tertiary/aromatic N) is 4. The van der Waals surface area contributed by atoms with Crippen molar-refractivity contribution in [1.29, 1.82) is 0 Å². The summed E-state index contributed by atoms with van der Waals surface area (Å²) < 4.78 is 0. The Bertz CT molecular complexity index is 1290. The van der Waals surface area contributed by atoms with Gasteiger partial charge in [-0.3, -0.25) is 9.79 Å². The molecule has 6 nitrogen and oxygen atoms in total. The maximum absolute atomic E-state index is 13.6. The largest absolute Gasteiger partial charge is 0.388 e. The zero-order valence-corrected chi connectivity index (χ0v) is 23.6. The molecule has 1 aromatic rings. The first-order valence-electron chi connectivity index (χ1n) is 13.9. The molecule has 5 rings (SSSR count). The SMILES string of the molecule is C=C1N2Cc3cc(C)cc(NC)c3[C@@H](C)C=C2C2(CCN(C(=O)C3=C(/C=C\C=C/C)CN=C3)CC2)N1CC. The van der Waals surface area contributed by atoms with E-state index in [0.717, 1.165) is 56.0 Å². The van der Waals surface area contributed by atoms with Crippen molar-refractivity contribution in [2.45, 2.75) is 58.5 Å². The number of rotatable bonds is 5. The topological polar surface area (TPSA) is 51.2 Å². The maximum atomic E-state index is 13.6. The zero-order valence-electron chi connectivity index (χ0n) is 23.6. The van der Waals surface area contributed by atoms with Gasteiger partial charge in [-0.05, 0) is 61.9 Å². The normalized spacial score (nSPS) is 22.6. The number of carbonyl (C=O) groups excluding carboxylic acids is 1. The summed E-state index contributed by atoms with van der Waals surface area (Å²) in [6.07, 6.45) is 14.0. The Balaban J connectivity index is 1.44. The van der Waals surface area contributed by atoms with Crippen LogP contribution >= 0.6 is 0 Å². The predicted molar refractivity (Wildman–Crippen MR) is 157 cm³/mol. The maximum Gasteiger partial charge on any atom is 0.255 e. The van der Waals surface area contributed by atoms with E-state index in [-0.39, 0.29) is 17.4 Å². The molecule has 0 aromatic heterocycles. The fraction of sp³-hybridized carbons (Fsp3) is 0.438.